The van der Waals surface area contributed by atoms with Gasteiger partial charge >= 0.3 is 0 Å². The number of fused-ring (bicyclic) bond motifs is 1. The van der Waals surface area contributed by atoms with Gasteiger partial charge < -0.3 is 4.57 Å². The van der Waals surface area contributed by atoms with Crippen molar-refractivity contribution < 1.29 is 0 Å². The minimum absolute atomic E-state index is 0. The number of unbranched alkanes of at least 4 members (excludes halogenated alkanes) is 7. The fourth-order valence-corrected chi connectivity index (χ4v) is 2.60. The van der Waals surface area contributed by atoms with Gasteiger partial charge in [0.05, 0.1) is 17.4 Å². The lowest BCUT2D eigenvalue weighted by Gasteiger charge is -2.04. The van der Waals surface area contributed by atoms with Gasteiger partial charge in [-0.2, -0.15) is 0 Å². The molecule has 112 valence electrons. The van der Waals surface area contributed by atoms with Crippen molar-refractivity contribution in [1.29, 1.82) is 0 Å². The Kier molecular flexibility index (Phi) is 8.59. The monoisotopic (exact) mass is 338 g/mol. The van der Waals surface area contributed by atoms with E-state index in [0.717, 1.165) is 12.1 Å². The van der Waals surface area contributed by atoms with E-state index in [-0.39, 0.29) is 17.0 Å². The van der Waals surface area contributed by atoms with Gasteiger partial charge in [-0.25, -0.2) is 4.98 Å². The summed E-state index contributed by atoms with van der Waals surface area (Å²) in [6, 6.07) is 8.39. The number of halogens is 1. The van der Waals surface area contributed by atoms with Crippen LogP contribution in [0.4, 0.5) is 0 Å². The second-order valence-electron chi connectivity index (χ2n) is 5.40. The molecule has 1 aromatic carbocycles. The van der Waals surface area contributed by atoms with E-state index in [1.54, 1.807) is 0 Å². The van der Waals surface area contributed by atoms with E-state index in [0.29, 0.717) is 0 Å². The molecule has 0 amide bonds. The first-order valence-corrected chi connectivity index (χ1v) is 7.81. The molecule has 0 radical (unpaired) electrons. The van der Waals surface area contributed by atoms with Crippen LogP contribution < -0.4 is 0 Å². The average molecular weight is 339 g/mol. The molecule has 0 bridgehead atoms. The van der Waals surface area contributed by atoms with Gasteiger partial charge in [-0.3, -0.25) is 0 Å². The Morgan fingerprint density at radius 2 is 1.55 bits per heavy atom. The fourth-order valence-electron chi connectivity index (χ4n) is 2.60. The standard InChI is InChI=1S/C17H26N2.BrH/c1-2-3-4-5-6-7-8-11-14-19-15-18-16-12-9-10-13-17(16)19;/h9-10,12-13,15H,2-8,11,14H2,1H3;1H. The predicted octanol–water partition coefficient (Wildman–Crippen LogP) is 5.75. The zero-order valence-electron chi connectivity index (χ0n) is 12.6. The Balaban J connectivity index is 0.00000200. The highest BCUT2D eigenvalue weighted by atomic mass is 79.9. The third kappa shape index (κ3) is 5.28. The first kappa shape index (κ1) is 17.2. The fraction of sp³-hybridized carbons (Fsp3) is 0.588. The lowest BCUT2D eigenvalue weighted by molar-refractivity contribution is 0.548. The molecule has 1 heterocycles. The van der Waals surface area contributed by atoms with Crippen molar-refractivity contribution in [3.05, 3.63) is 30.6 Å². The molecule has 2 nitrogen and oxygen atoms in total. The lowest BCUT2D eigenvalue weighted by atomic mass is 10.1. The van der Waals surface area contributed by atoms with Crippen molar-refractivity contribution in [1.82, 2.24) is 9.55 Å². The summed E-state index contributed by atoms with van der Waals surface area (Å²) >= 11 is 0. The van der Waals surface area contributed by atoms with E-state index in [2.05, 4.69) is 40.7 Å². The van der Waals surface area contributed by atoms with Crippen LogP contribution in [0.1, 0.15) is 58.3 Å². The van der Waals surface area contributed by atoms with Crippen molar-refractivity contribution >= 4 is 28.0 Å². The topological polar surface area (TPSA) is 17.8 Å². The van der Waals surface area contributed by atoms with Crippen molar-refractivity contribution in [2.45, 2.75) is 64.8 Å². The Morgan fingerprint density at radius 1 is 0.900 bits per heavy atom. The number of benzene rings is 1. The molecule has 3 heteroatoms. The zero-order valence-corrected chi connectivity index (χ0v) is 14.3. The maximum Gasteiger partial charge on any atom is 0.0958 e. The summed E-state index contributed by atoms with van der Waals surface area (Å²) in [5.41, 5.74) is 2.38. The second-order valence-corrected chi connectivity index (χ2v) is 5.40. The molecule has 2 aromatic rings. The van der Waals surface area contributed by atoms with Crippen LogP contribution in [0.25, 0.3) is 11.0 Å². The van der Waals surface area contributed by atoms with E-state index in [1.165, 1.54) is 56.9 Å². The molecule has 0 unspecified atom stereocenters. The zero-order chi connectivity index (χ0) is 13.3. The van der Waals surface area contributed by atoms with Crippen LogP contribution in [0.15, 0.2) is 30.6 Å². The maximum atomic E-state index is 4.43. The van der Waals surface area contributed by atoms with E-state index in [1.807, 2.05) is 6.33 Å². The van der Waals surface area contributed by atoms with Crippen LogP contribution in [0, 0.1) is 0 Å². The lowest BCUT2D eigenvalue weighted by Crippen LogP contribution is -1.95. The van der Waals surface area contributed by atoms with Crippen LogP contribution in [0.3, 0.4) is 0 Å². The van der Waals surface area contributed by atoms with Crippen LogP contribution in [-0.4, -0.2) is 9.55 Å². The number of para-hydroxylation sites is 2. The molecule has 0 spiro atoms. The first-order valence-electron chi connectivity index (χ1n) is 7.81. The minimum Gasteiger partial charge on any atom is -0.331 e. The van der Waals surface area contributed by atoms with E-state index < -0.39 is 0 Å². The molecule has 0 aliphatic rings. The number of rotatable bonds is 9. The van der Waals surface area contributed by atoms with E-state index in [4.69, 9.17) is 0 Å². The van der Waals surface area contributed by atoms with Crippen LogP contribution in [-0.2, 0) is 6.54 Å². The van der Waals surface area contributed by atoms with Crippen LogP contribution in [0.5, 0.6) is 0 Å². The van der Waals surface area contributed by atoms with Gasteiger partial charge in [0.2, 0.25) is 0 Å². The largest absolute Gasteiger partial charge is 0.331 e. The van der Waals surface area contributed by atoms with Gasteiger partial charge in [-0.05, 0) is 18.6 Å². The molecular weight excluding hydrogens is 312 g/mol. The molecule has 0 aliphatic carbocycles. The third-order valence-corrected chi connectivity index (χ3v) is 3.78. The van der Waals surface area contributed by atoms with E-state index >= 15 is 0 Å². The molecule has 2 rings (SSSR count). The quantitative estimate of drug-likeness (QED) is 0.532. The summed E-state index contributed by atoms with van der Waals surface area (Å²) in [6.45, 7) is 3.38. The van der Waals surface area contributed by atoms with Crippen molar-refractivity contribution in [2.75, 3.05) is 0 Å². The Bertz CT molecular complexity index is 479. The maximum absolute atomic E-state index is 4.43. The first-order chi connectivity index (χ1) is 9.42. The SMILES string of the molecule is Br.CCCCCCCCCCn1cnc2ccccc21. The van der Waals surface area contributed by atoms with Gasteiger partial charge in [0.15, 0.2) is 0 Å². The molecular formula is C17H27BrN2. The number of imidazole rings is 1. The number of hydrogen-bond acceptors (Lipinski definition) is 1. The molecule has 0 saturated carbocycles. The molecule has 1 aromatic heterocycles. The Labute approximate surface area is 133 Å². The molecule has 0 atom stereocenters. The van der Waals surface area contributed by atoms with Gasteiger partial charge in [0.25, 0.3) is 0 Å². The van der Waals surface area contributed by atoms with Gasteiger partial charge in [-0.15, -0.1) is 17.0 Å². The highest BCUT2D eigenvalue weighted by molar-refractivity contribution is 8.93. The van der Waals surface area contributed by atoms with E-state index in [9.17, 15) is 0 Å². The highest BCUT2D eigenvalue weighted by Crippen LogP contribution is 2.14. The number of hydrogen-bond donors (Lipinski definition) is 0. The smallest absolute Gasteiger partial charge is 0.0958 e. The Hall–Kier alpha value is -0.830. The summed E-state index contributed by atoms with van der Waals surface area (Å²) in [5, 5.41) is 0. The van der Waals surface area contributed by atoms with Gasteiger partial charge in [-0.1, -0.05) is 64.0 Å². The van der Waals surface area contributed by atoms with Crippen molar-refractivity contribution in [3.8, 4) is 0 Å². The summed E-state index contributed by atoms with van der Waals surface area (Å²) in [7, 11) is 0. The normalized spacial score (nSPS) is 10.7. The highest BCUT2D eigenvalue weighted by Gasteiger charge is 2.00. The molecule has 0 aliphatic heterocycles. The molecule has 0 N–H and O–H groups in total. The second kappa shape index (κ2) is 9.98. The third-order valence-electron chi connectivity index (χ3n) is 3.78. The minimum atomic E-state index is 0. The summed E-state index contributed by atoms with van der Waals surface area (Å²) in [4.78, 5) is 4.43. The van der Waals surface area contributed by atoms with Crippen molar-refractivity contribution in [2.24, 2.45) is 0 Å². The summed E-state index contributed by atoms with van der Waals surface area (Å²) < 4.78 is 2.28. The Morgan fingerprint density at radius 3 is 2.30 bits per heavy atom. The number of nitrogens with zero attached hydrogens (tertiary/aromatic N) is 2. The molecule has 0 saturated heterocycles. The summed E-state index contributed by atoms with van der Waals surface area (Å²) in [6.07, 6.45) is 13.0. The molecule has 0 fully saturated rings. The van der Waals surface area contributed by atoms with Gasteiger partial charge in [0.1, 0.15) is 0 Å². The number of aromatic nitrogens is 2. The van der Waals surface area contributed by atoms with Crippen LogP contribution >= 0.6 is 17.0 Å². The van der Waals surface area contributed by atoms with Gasteiger partial charge in [0, 0.05) is 6.54 Å². The average Bonchev–Trinajstić information content (AvgIpc) is 2.85. The predicted molar refractivity (Wildman–Crippen MR) is 92.7 cm³/mol. The summed E-state index contributed by atoms with van der Waals surface area (Å²) in [5.74, 6) is 0. The molecule has 20 heavy (non-hydrogen) atoms. The van der Waals surface area contributed by atoms with Crippen molar-refractivity contribution in [3.63, 3.8) is 0 Å². The van der Waals surface area contributed by atoms with Crippen LogP contribution in [0.2, 0.25) is 0 Å². The number of aryl methyl sites for hydroxylation is 1.